The Balaban J connectivity index is 2.59. The van der Waals surface area contributed by atoms with E-state index in [0.717, 1.165) is 24.9 Å². The van der Waals surface area contributed by atoms with E-state index in [1.165, 1.54) is 0 Å². The number of rotatable bonds is 7. The average Bonchev–Trinajstić information content (AvgIpc) is 2.98. The summed E-state index contributed by atoms with van der Waals surface area (Å²) in [5.74, 6) is -3.27. The maximum Gasteiger partial charge on any atom is 0.268 e. The number of hydrogen-bond donors (Lipinski definition) is 3. The standard InChI is InChI=1S/C13H19F2N5O4/c1-4-24-9-7-8(18-11(16)19-9)20(6-17-7)12(2,22)10(14)13(15,5-21)23-3/h6,10,21-22H,4-5H2,1-3H3,(H2,16,18,19)/t10-,12+,13+/m0/s1. The minimum absolute atomic E-state index is 0.0466. The first-order chi connectivity index (χ1) is 11.2. The van der Waals surface area contributed by atoms with E-state index in [9.17, 15) is 13.9 Å². The molecule has 11 heteroatoms. The van der Waals surface area contributed by atoms with Gasteiger partial charge in [-0.2, -0.15) is 9.97 Å². The van der Waals surface area contributed by atoms with Crippen LogP contribution in [0, 0.1) is 0 Å². The highest BCUT2D eigenvalue weighted by Crippen LogP contribution is 2.35. The first-order valence-corrected chi connectivity index (χ1v) is 7.06. The van der Waals surface area contributed by atoms with Crippen LogP contribution < -0.4 is 10.5 Å². The lowest BCUT2D eigenvalue weighted by molar-refractivity contribution is -0.250. The molecule has 0 spiro atoms. The van der Waals surface area contributed by atoms with Crippen molar-refractivity contribution < 1.29 is 28.5 Å². The third kappa shape index (κ3) is 2.85. The molecule has 4 N–H and O–H groups in total. The molecule has 2 aromatic rings. The summed E-state index contributed by atoms with van der Waals surface area (Å²) in [6.45, 7) is 1.67. The lowest BCUT2D eigenvalue weighted by Crippen LogP contribution is -2.54. The summed E-state index contributed by atoms with van der Waals surface area (Å²) in [6, 6.07) is 0. The molecule has 0 amide bonds. The molecule has 3 atom stereocenters. The fourth-order valence-electron chi connectivity index (χ4n) is 2.24. The smallest absolute Gasteiger partial charge is 0.268 e. The highest BCUT2D eigenvalue weighted by atomic mass is 19.2. The molecular weight excluding hydrogens is 328 g/mol. The van der Waals surface area contributed by atoms with E-state index in [1.54, 1.807) is 6.92 Å². The molecule has 2 aromatic heterocycles. The number of nitrogen functional groups attached to an aromatic ring is 1. The number of nitrogens with two attached hydrogens (primary N) is 1. The number of aliphatic hydroxyl groups excluding tert-OH is 1. The monoisotopic (exact) mass is 347 g/mol. The second-order valence-corrected chi connectivity index (χ2v) is 5.21. The molecule has 0 radical (unpaired) electrons. The molecule has 0 aliphatic rings. The molecule has 0 saturated heterocycles. The van der Waals surface area contributed by atoms with Crippen molar-refractivity contribution in [2.24, 2.45) is 0 Å². The molecule has 2 rings (SSSR count). The number of halogens is 2. The Morgan fingerprint density at radius 1 is 1.46 bits per heavy atom. The van der Waals surface area contributed by atoms with Gasteiger partial charge in [-0.15, -0.1) is 0 Å². The zero-order valence-corrected chi connectivity index (χ0v) is 13.4. The van der Waals surface area contributed by atoms with Crippen molar-refractivity contribution in [3.63, 3.8) is 0 Å². The predicted molar refractivity (Wildman–Crippen MR) is 79.6 cm³/mol. The van der Waals surface area contributed by atoms with E-state index in [4.69, 9.17) is 15.6 Å². The highest BCUT2D eigenvalue weighted by molar-refractivity contribution is 5.77. The molecular formula is C13H19F2N5O4. The number of alkyl halides is 2. The van der Waals surface area contributed by atoms with Crippen molar-refractivity contribution in [1.82, 2.24) is 19.5 Å². The largest absolute Gasteiger partial charge is 0.476 e. The van der Waals surface area contributed by atoms with Gasteiger partial charge in [0.15, 0.2) is 16.9 Å². The molecule has 134 valence electrons. The van der Waals surface area contributed by atoms with Gasteiger partial charge in [0.1, 0.15) is 6.61 Å². The van der Waals surface area contributed by atoms with E-state index in [2.05, 4.69) is 19.7 Å². The van der Waals surface area contributed by atoms with Crippen molar-refractivity contribution in [2.75, 3.05) is 26.1 Å². The molecule has 0 aromatic carbocycles. The van der Waals surface area contributed by atoms with Gasteiger partial charge in [0.2, 0.25) is 18.0 Å². The number of anilines is 1. The van der Waals surface area contributed by atoms with Gasteiger partial charge in [-0.25, -0.2) is 13.8 Å². The van der Waals surface area contributed by atoms with Crippen molar-refractivity contribution >= 4 is 17.1 Å². The van der Waals surface area contributed by atoms with E-state index in [-0.39, 0.29) is 29.6 Å². The van der Waals surface area contributed by atoms with Crippen LogP contribution in [0.25, 0.3) is 11.2 Å². The Hall–Kier alpha value is -2.11. The van der Waals surface area contributed by atoms with Gasteiger partial charge < -0.3 is 25.4 Å². The van der Waals surface area contributed by atoms with Crippen molar-refractivity contribution in [2.45, 2.75) is 31.6 Å². The first-order valence-electron chi connectivity index (χ1n) is 7.06. The van der Waals surface area contributed by atoms with Crippen LogP contribution in [0.2, 0.25) is 0 Å². The summed E-state index contributed by atoms with van der Waals surface area (Å²) in [7, 11) is 0.873. The SMILES string of the molecule is CCOc1nc(N)nc2c1ncn2[C@](C)(O)[C@H](F)[C@@](F)(CO)OC. The maximum atomic E-state index is 14.6. The molecule has 0 saturated carbocycles. The van der Waals surface area contributed by atoms with Crippen molar-refractivity contribution in [1.29, 1.82) is 0 Å². The molecule has 2 heterocycles. The van der Waals surface area contributed by atoms with E-state index >= 15 is 0 Å². The zero-order chi connectivity index (χ0) is 18.1. The fourth-order valence-corrected chi connectivity index (χ4v) is 2.24. The first kappa shape index (κ1) is 18.2. The zero-order valence-electron chi connectivity index (χ0n) is 13.4. The summed E-state index contributed by atoms with van der Waals surface area (Å²) in [4.78, 5) is 11.7. The molecule has 0 aliphatic heterocycles. The Kier molecular flexibility index (Phi) is 4.87. The normalized spacial score (nSPS) is 18.1. The molecule has 24 heavy (non-hydrogen) atoms. The van der Waals surface area contributed by atoms with Crippen LogP contribution >= 0.6 is 0 Å². The maximum absolute atomic E-state index is 14.6. The van der Waals surface area contributed by atoms with Gasteiger partial charge in [0, 0.05) is 7.11 Å². The number of aliphatic hydroxyl groups is 2. The highest BCUT2D eigenvalue weighted by Gasteiger charge is 2.52. The quantitative estimate of drug-likeness (QED) is 0.644. The predicted octanol–water partition coefficient (Wildman–Crippen LogP) is 0.115. The number of ether oxygens (including phenoxy) is 2. The van der Waals surface area contributed by atoms with Gasteiger partial charge in [0.05, 0.1) is 12.9 Å². The second kappa shape index (κ2) is 6.42. The van der Waals surface area contributed by atoms with E-state index < -0.39 is 24.4 Å². The Morgan fingerprint density at radius 2 is 2.12 bits per heavy atom. The summed E-state index contributed by atoms with van der Waals surface area (Å²) in [5.41, 5.74) is 3.14. The third-order valence-electron chi connectivity index (χ3n) is 3.56. The number of imidazole rings is 1. The third-order valence-corrected chi connectivity index (χ3v) is 3.56. The molecule has 9 nitrogen and oxygen atoms in total. The van der Waals surface area contributed by atoms with Crippen LogP contribution in [0.3, 0.4) is 0 Å². The second-order valence-electron chi connectivity index (χ2n) is 5.21. The minimum Gasteiger partial charge on any atom is -0.476 e. The van der Waals surface area contributed by atoms with Gasteiger partial charge in [-0.1, -0.05) is 0 Å². The van der Waals surface area contributed by atoms with Crippen LogP contribution in [0.15, 0.2) is 6.33 Å². The van der Waals surface area contributed by atoms with Gasteiger partial charge in [-0.3, -0.25) is 4.57 Å². The van der Waals surface area contributed by atoms with Gasteiger partial charge >= 0.3 is 0 Å². The lowest BCUT2D eigenvalue weighted by atomic mass is 10.0. The van der Waals surface area contributed by atoms with Crippen LogP contribution in [-0.4, -0.2) is 62.1 Å². The van der Waals surface area contributed by atoms with E-state index in [0.29, 0.717) is 0 Å². The Bertz CT molecular complexity index is 720. The van der Waals surface area contributed by atoms with Gasteiger partial charge in [-0.05, 0) is 13.8 Å². The average molecular weight is 347 g/mol. The number of fused-ring (bicyclic) bond motifs is 1. The van der Waals surface area contributed by atoms with E-state index in [1.807, 2.05) is 0 Å². The van der Waals surface area contributed by atoms with Crippen LogP contribution in [0.4, 0.5) is 14.7 Å². The van der Waals surface area contributed by atoms with Crippen LogP contribution in [0.5, 0.6) is 5.88 Å². The fraction of sp³-hybridized carbons (Fsp3) is 0.615. The number of nitrogens with zero attached hydrogens (tertiary/aromatic N) is 4. The number of hydrogen-bond acceptors (Lipinski definition) is 8. The summed E-state index contributed by atoms with van der Waals surface area (Å²) >= 11 is 0. The Labute approximate surface area is 136 Å². The van der Waals surface area contributed by atoms with Gasteiger partial charge in [0.25, 0.3) is 5.85 Å². The summed E-state index contributed by atoms with van der Waals surface area (Å²) < 4.78 is 39.4. The molecule has 0 unspecified atom stereocenters. The number of aromatic nitrogens is 4. The number of methoxy groups -OCH3 is 1. The van der Waals surface area contributed by atoms with Crippen molar-refractivity contribution in [3.8, 4) is 5.88 Å². The van der Waals surface area contributed by atoms with Crippen molar-refractivity contribution in [3.05, 3.63) is 6.33 Å². The molecule has 0 bridgehead atoms. The topological polar surface area (TPSA) is 129 Å². The Morgan fingerprint density at radius 3 is 2.67 bits per heavy atom. The minimum atomic E-state index is -3.12. The summed E-state index contributed by atoms with van der Waals surface area (Å²) in [5, 5.41) is 19.6. The van der Waals surface area contributed by atoms with Crippen LogP contribution in [0.1, 0.15) is 13.8 Å². The summed E-state index contributed by atoms with van der Waals surface area (Å²) in [6.07, 6.45) is -1.62. The van der Waals surface area contributed by atoms with Crippen LogP contribution in [-0.2, 0) is 10.5 Å². The molecule has 0 aliphatic carbocycles. The molecule has 0 fully saturated rings. The lowest BCUT2D eigenvalue weighted by Gasteiger charge is -2.35.